The lowest BCUT2D eigenvalue weighted by molar-refractivity contribution is -0.120. The molecule has 2 heterocycles. The Hall–Kier alpha value is -2.33. The van der Waals surface area contributed by atoms with Gasteiger partial charge in [-0.05, 0) is 29.8 Å². The van der Waals surface area contributed by atoms with E-state index in [-0.39, 0.29) is 5.91 Å². The van der Waals surface area contributed by atoms with E-state index < -0.39 is 0 Å². The van der Waals surface area contributed by atoms with Crippen LogP contribution in [-0.2, 0) is 17.8 Å². The molecule has 0 saturated heterocycles. The first-order chi connectivity index (χ1) is 10.2. The van der Waals surface area contributed by atoms with Crippen molar-refractivity contribution in [1.82, 2.24) is 14.7 Å². The van der Waals surface area contributed by atoms with Crippen molar-refractivity contribution in [2.45, 2.75) is 13.0 Å². The van der Waals surface area contributed by atoms with Gasteiger partial charge in [0.15, 0.2) is 0 Å². The molecule has 4 nitrogen and oxygen atoms in total. The van der Waals surface area contributed by atoms with Crippen LogP contribution in [0.1, 0.15) is 11.3 Å². The predicted molar refractivity (Wildman–Crippen MR) is 82.2 cm³/mol. The van der Waals surface area contributed by atoms with E-state index in [1.165, 1.54) is 0 Å². The number of fused-ring (bicyclic) bond motifs is 1. The second-order valence-corrected chi connectivity index (χ2v) is 5.21. The molecule has 0 unspecified atom stereocenters. The SMILES string of the molecule is O=C(Cc1ccc(Cl)cc1)NCc1cn2ccccc2n1. The minimum atomic E-state index is -0.0330. The van der Waals surface area contributed by atoms with Crippen molar-refractivity contribution in [3.63, 3.8) is 0 Å². The topological polar surface area (TPSA) is 46.4 Å². The van der Waals surface area contributed by atoms with E-state index in [0.29, 0.717) is 18.0 Å². The van der Waals surface area contributed by atoms with Gasteiger partial charge in [-0.15, -0.1) is 0 Å². The normalized spacial score (nSPS) is 10.7. The maximum atomic E-state index is 11.9. The van der Waals surface area contributed by atoms with Gasteiger partial charge in [-0.2, -0.15) is 0 Å². The van der Waals surface area contributed by atoms with Crippen LogP contribution in [0.4, 0.5) is 0 Å². The molecule has 0 aliphatic rings. The lowest BCUT2D eigenvalue weighted by Crippen LogP contribution is -2.24. The molecule has 5 heteroatoms. The number of carbonyl (C=O) groups is 1. The number of imidazole rings is 1. The quantitative estimate of drug-likeness (QED) is 0.805. The average molecular weight is 300 g/mol. The maximum Gasteiger partial charge on any atom is 0.224 e. The maximum absolute atomic E-state index is 11.9. The molecule has 1 aromatic carbocycles. The molecule has 3 aromatic rings. The molecular formula is C16H14ClN3O. The monoisotopic (exact) mass is 299 g/mol. The smallest absolute Gasteiger partial charge is 0.224 e. The zero-order valence-electron chi connectivity index (χ0n) is 11.3. The van der Waals surface area contributed by atoms with Crippen molar-refractivity contribution < 1.29 is 4.79 Å². The van der Waals surface area contributed by atoms with Gasteiger partial charge in [0.1, 0.15) is 5.65 Å². The Balaban J connectivity index is 1.59. The van der Waals surface area contributed by atoms with Crippen LogP contribution in [0.15, 0.2) is 54.9 Å². The summed E-state index contributed by atoms with van der Waals surface area (Å²) in [5.41, 5.74) is 2.65. The summed E-state index contributed by atoms with van der Waals surface area (Å²) in [4.78, 5) is 16.3. The minimum Gasteiger partial charge on any atom is -0.350 e. The summed E-state index contributed by atoms with van der Waals surface area (Å²) < 4.78 is 1.93. The van der Waals surface area contributed by atoms with E-state index in [0.717, 1.165) is 16.9 Å². The molecule has 0 spiro atoms. The van der Waals surface area contributed by atoms with Crippen LogP contribution in [-0.4, -0.2) is 15.3 Å². The third kappa shape index (κ3) is 3.41. The van der Waals surface area contributed by atoms with Crippen molar-refractivity contribution in [1.29, 1.82) is 0 Å². The zero-order chi connectivity index (χ0) is 14.7. The van der Waals surface area contributed by atoms with Gasteiger partial charge in [0.25, 0.3) is 0 Å². The Bertz CT molecular complexity index is 732. The van der Waals surface area contributed by atoms with Gasteiger partial charge in [-0.25, -0.2) is 4.98 Å². The Morgan fingerprint density at radius 3 is 2.76 bits per heavy atom. The molecule has 0 aliphatic carbocycles. The molecule has 3 rings (SSSR count). The number of amides is 1. The van der Waals surface area contributed by atoms with Gasteiger partial charge in [-0.1, -0.05) is 29.8 Å². The second-order valence-electron chi connectivity index (χ2n) is 4.78. The number of hydrogen-bond acceptors (Lipinski definition) is 2. The van der Waals surface area contributed by atoms with Crippen LogP contribution in [0, 0.1) is 0 Å². The van der Waals surface area contributed by atoms with E-state index in [1.54, 1.807) is 12.1 Å². The number of nitrogens with zero attached hydrogens (tertiary/aromatic N) is 2. The van der Waals surface area contributed by atoms with E-state index in [4.69, 9.17) is 11.6 Å². The standard InChI is InChI=1S/C16H14ClN3O/c17-13-6-4-12(5-7-13)9-16(21)18-10-14-11-20-8-2-1-3-15(20)19-14/h1-8,11H,9-10H2,(H,18,21). The van der Waals surface area contributed by atoms with E-state index in [1.807, 2.05) is 47.1 Å². The summed E-state index contributed by atoms with van der Waals surface area (Å²) in [7, 11) is 0. The molecule has 0 aliphatic heterocycles. The minimum absolute atomic E-state index is 0.0330. The van der Waals surface area contributed by atoms with Gasteiger partial charge >= 0.3 is 0 Å². The number of benzene rings is 1. The number of rotatable bonds is 4. The highest BCUT2D eigenvalue weighted by Gasteiger charge is 2.05. The van der Waals surface area contributed by atoms with E-state index in [2.05, 4.69) is 10.3 Å². The molecule has 0 fully saturated rings. The zero-order valence-corrected chi connectivity index (χ0v) is 12.0. The van der Waals surface area contributed by atoms with Crippen LogP contribution in [0.25, 0.3) is 5.65 Å². The molecule has 0 saturated carbocycles. The summed E-state index contributed by atoms with van der Waals surface area (Å²) in [6.45, 7) is 0.425. The Morgan fingerprint density at radius 1 is 1.19 bits per heavy atom. The largest absolute Gasteiger partial charge is 0.350 e. The first-order valence-electron chi connectivity index (χ1n) is 6.64. The number of halogens is 1. The fourth-order valence-corrected chi connectivity index (χ4v) is 2.24. The van der Waals surface area contributed by atoms with Crippen molar-refractivity contribution in [2.24, 2.45) is 0 Å². The lowest BCUT2D eigenvalue weighted by atomic mass is 10.1. The summed E-state index contributed by atoms with van der Waals surface area (Å²) in [6.07, 6.45) is 4.18. The average Bonchev–Trinajstić information content (AvgIpc) is 2.90. The molecule has 1 amide bonds. The fourth-order valence-electron chi connectivity index (χ4n) is 2.11. The van der Waals surface area contributed by atoms with Gasteiger partial charge in [0, 0.05) is 17.4 Å². The lowest BCUT2D eigenvalue weighted by Gasteiger charge is -2.03. The van der Waals surface area contributed by atoms with Gasteiger partial charge in [0.05, 0.1) is 18.7 Å². The van der Waals surface area contributed by atoms with Gasteiger partial charge < -0.3 is 9.72 Å². The van der Waals surface area contributed by atoms with Crippen LogP contribution >= 0.6 is 11.6 Å². The highest BCUT2D eigenvalue weighted by Crippen LogP contribution is 2.10. The Labute approximate surface area is 127 Å². The number of pyridine rings is 1. The fraction of sp³-hybridized carbons (Fsp3) is 0.125. The predicted octanol–water partition coefficient (Wildman–Crippen LogP) is 2.85. The molecule has 2 aromatic heterocycles. The molecule has 0 bridgehead atoms. The number of aromatic nitrogens is 2. The van der Waals surface area contributed by atoms with Crippen molar-refractivity contribution in [3.8, 4) is 0 Å². The highest BCUT2D eigenvalue weighted by atomic mass is 35.5. The number of hydrogen-bond donors (Lipinski definition) is 1. The first kappa shape index (κ1) is 13.6. The van der Waals surface area contributed by atoms with Crippen LogP contribution in [0.5, 0.6) is 0 Å². The molecule has 0 atom stereocenters. The van der Waals surface area contributed by atoms with Crippen LogP contribution in [0.2, 0.25) is 5.02 Å². The molecule has 106 valence electrons. The highest BCUT2D eigenvalue weighted by molar-refractivity contribution is 6.30. The molecular weight excluding hydrogens is 286 g/mol. The second kappa shape index (κ2) is 5.97. The third-order valence-corrected chi connectivity index (χ3v) is 3.41. The summed E-state index contributed by atoms with van der Waals surface area (Å²) >= 11 is 5.82. The van der Waals surface area contributed by atoms with E-state index >= 15 is 0 Å². The number of nitrogens with one attached hydrogen (secondary N) is 1. The first-order valence-corrected chi connectivity index (χ1v) is 7.02. The van der Waals surface area contributed by atoms with Crippen molar-refractivity contribution >= 4 is 23.2 Å². The molecule has 21 heavy (non-hydrogen) atoms. The van der Waals surface area contributed by atoms with Gasteiger partial charge in [0.2, 0.25) is 5.91 Å². The third-order valence-electron chi connectivity index (χ3n) is 3.16. The van der Waals surface area contributed by atoms with Crippen LogP contribution < -0.4 is 5.32 Å². The Kier molecular flexibility index (Phi) is 3.88. The Morgan fingerprint density at radius 2 is 2.00 bits per heavy atom. The summed E-state index contributed by atoms with van der Waals surface area (Å²) in [6, 6.07) is 13.1. The van der Waals surface area contributed by atoms with Crippen molar-refractivity contribution in [3.05, 3.63) is 71.1 Å². The van der Waals surface area contributed by atoms with Crippen molar-refractivity contribution in [2.75, 3.05) is 0 Å². The summed E-state index contributed by atoms with van der Waals surface area (Å²) in [5, 5.41) is 3.55. The van der Waals surface area contributed by atoms with Crippen LogP contribution in [0.3, 0.4) is 0 Å². The summed E-state index contributed by atoms with van der Waals surface area (Å²) in [5.74, 6) is -0.0330. The molecule has 0 radical (unpaired) electrons. The number of carbonyl (C=O) groups excluding carboxylic acids is 1. The van der Waals surface area contributed by atoms with Gasteiger partial charge in [-0.3, -0.25) is 4.79 Å². The van der Waals surface area contributed by atoms with E-state index in [9.17, 15) is 4.79 Å². The molecule has 1 N–H and O–H groups in total.